The van der Waals surface area contributed by atoms with Gasteiger partial charge in [-0.05, 0) is 24.8 Å². The van der Waals surface area contributed by atoms with Crippen molar-refractivity contribution in [2.45, 2.75) is 37.8 Å². The van der Waals surface area contributed by atoms with Gasteiger partial charge in [0.25, 0.3) is 0 Å². The monoisotopic (exact) mass is 262 g/mol. The van der Waals surface area contributed by atoms with E-state index < -0.39 is 6.10 Å². The van der Waals surface area contributed by atoms with Crippen LogP contribution < -0.4 is 5.73 Å². The molecule has 1 aromatic carbocycles. The molecule has 1 fully saturated rings. The first kappa shape index (κ1) is 14.0. The highest BCUT2D eigenvalue weighted by molar-refractivity contribution is 5.77. The lowest BCUT2D eigenvalue weighted by Gasteiger charge is -2.26. The van der Waals surface area contributed by atoms with Crippen molar-refractivity contribution < 1.29 is 9.90 Å². The lowest BCUT2D eigenvalue weighted by Crippen LogP contribution is -2.37. The summed E-state index contributed by atoms with van der Waals surface area (Å²) in [4.78, 5) is 13.8. The Bertz CT molecular complexity index is 408. The van der Waals surface area contributed by atoms with E-state index in [9.17, 15) is 9.90 Å². The Hall–Kier alpha value is -1.39. The van der Waals surface area contributed by atoms with Crippen LogP contribution in [0, 0.1) is 0 Å². The zero-order valence-electron chi connectivity index (χ0n) is 11.2. The second-order valence-corrected chi connectivity index (χ2v) is 5.08. The van der Waals surface area contributed by atoms with Crippen LogP contribution in [0.25, 0.3) is 0 Å². The Morgan fingerprint density at radius 1 is 1.42 bits per heavy atom. The fourth-order valence-corrected chi connectivity index (χ4v) is 2.75. The highest BCUT2D eigenvalue weighted by atomic mass is 16.3. The minimum atomic E-state index is -0.502. The van der Waals surface area contributed by atoms with E-state index in [4.69, 9.17) is 5.73 Å². The number of carbonyl (C=O) groups excluding carboxylic acids is 1. The number of benzene rings is 1. The fraction of sp³-hybridized carbons (Fsp3) is 0.533. The van der Waals surface area contributed by atoms with Crippen molar-refractivity contribution >= 4 is 5.91 Å². The third kappa shape index (κ3) is 3.55. The van der Waals surface area contributed by atoms with Gasteiger partial charge in [0.05, 0.1) is 6.10 Å². The predicted octanol–water partition coefficient (Wildman–Crippen LogP) is 1.45. The number of likely N-dealkylation sites (tertiary alicyclic amines) is 1. The van der Waals surface area contributed by atoms with Crippen LogP contribution in [0.1, 0.15) is 37.4 Å². The molecule has 1 aliphatic heterocycles. The third-order valence-electron chi connectivity index (χ3n) is 3.74. The van der Waals surface area contributed by atoms with Gasteiger partial charge in [-0.25, -0.2) is 0 Å². The molecule has 4 heteroatoms. The molecule has 1 heterocycles. The summed E-state index contributed by atoms with van der Waals surface area (Å²) in [6.07, 6.45) is 2.50. The predicted molar refractivity (Wildman–Crippen MR) is 74.4 cm³/mol. The van der Waals surface area contributed by atoms with Crippen LogP contribution in [0.4, 0.5) is 0 Å². The van der Waals surface area contributed by atoms with E-state index in [2.05, 4.69) is 0 Å². The van der Waals surface area contributed by atoms with Gasteiger partial charge in [-0.1, -0.05) is 30.3 Å². The van der Waals surface area contributed by atoms with Crippen LogP contribution in [0.15, 0.2) is 30.3 Å². The summed E-state index contributed by atoms with van der Waals surface area (Å²) in [6.45, 7) is 1.19. The molecule has 19 heavy (non-hydrogen) atoms. The average Bonchev–Trinajstić information content (AvgIpc) is 2.88. The van der Waals surface area contributed by atoms with Crippen molar-refractivity contribution in [3.05, 3.63) is 35.9 Å². The summed E-state index contributed by atoms with van der Waals surface area (Å²) in [5.74, 6) is 0.116. The minimum Gasteiger partial charge on any atom is -0.388 e. The lowest BCUT2D eigenvalue weighted by atomic mass is 10.0. The molecule has 0 aliphatic carbocycles. The maximum absolute atomic E-state index is 11.9. The van der Waals surface area contributed by atoms with E-state index in [1.54, 1.807) is 0 Å². The topological polar surface area (TPSA) is 66.6 Å². The number of aliphatic hydroxyl groups excluding tert-OH is 1. The van der Waals surface area contributed by atoms with E-state index in [0.717, 1.165) is 24.9 Å². The molecule has 0 aromatic heterocycles. The molecule has 0 radical (unpaired) electrons. The van der Waals surface area contributed by atoms with Gasteiger partial charge in [-0.2, -0.15) is 0 Å². The van der Waals surface area contributed by atoms with Gasteiger partial charge in [0.15, 0.2) is 0 Å². The summed E-state index contributed by atoms with van der Waals surface area (Å²) in [5, 5.41) is 10.2. The standard InChI is InChI=1S/C15H22N2O2/c16-9-8-15(19)17-10-4-7-13(17)11-14(18)12-5-2-1-3-6-12/h1-3,5-6,13-14,18H,4,7-11,16H2/t13-,14-/m0/s1. The van der Waals surface area contributed by atoms with E-state index in [1.807, 2.05) is 35.2 Å². The van der Waals surface area contributed by atoms with Gasteiger partial charge in [0, 0.05) is 25.6 Å². The van der Waals surface area contributed by atoms with Crippen LogP contribution in [0.2, 0.25) is 0 Å². The van der Waals surface area contributed by atoms with Crippen molar-refractivity contribution in [1.82, 2.24) is 4.90 Å². The van der Waals surface area contributed by atoms with E-state index in [0.29, 0.717) is 19.4 Å². The molecule has 1 amide bonds. The molecule has 0 spiro atoms. The second kappa shape index (κ2) is 6.68. The van der Waals surface area contributed by atoms with Gasteiger partial charge >= 0.3 is 0 Å². The van der Waals surface area contributed by atoms with Gasteiger partial charge in [0.2, 0.25) is 5.91 Å². The smallest absolute Gasteiger partial charge is 0.224 e. The van der Waals surface area contributed by atoms with Crippen molar-refractivity contribution in [3.63, 3.8) is 0 Å². The Kier molecular flexibility index (Phi) is 4.93. The van der Waals surface area contributed by atoms with Crippen molar-refractivity contribution in [2.75, 3.05) is 13.1 Å². The summed E-state index contributed by atoms with van der Waals surface area (Å²) in [5.41, 5.74) is 6.36. The lowest BCUT2D eigenvalue weighted by molar-refractivity contribution is -0.132. The molecule has 0 bridgehead atoms. The van der Waals surface area contributed by atoms with Crippen LogP contribution in [0.5, 0.6) is 0 Å². The molecule has 0 saturated carbocycles. The number of hydrogen-bond donors (Lipinski definition) is 2. The molecule has 1 saturated heterocycles. The van der Waals surface area contributed by atoms with Crippen molar-refractivity contribution in [3.8, 4) is 0 Å². The average molecular weight is 262 g/mol. The molecule has 4 nitrogen and oxygen atoms in total. The number of nitrogens with zero attached hydrogens (tertiary/aromatic N) is 1. The first-order valence-corrected chi connectivity index (χ1v) is 6.95. The summed E-state index contributed by atoms with van der Waals surface area (Å²) < 4.78 is 0. The molecule has 2 rings (SSSR count). The highest BCUT2D eigenvalue weighted by Crippen LogP contribution is 2.27. The quantitative estimate of drug-likeness (QED) is 0.844. The van der Waals surface area contributed by atoms with Crippen LogP contribution in [-0.2, 0) is 4.79 Å². The molecule has 104 valence electrons. The molecule has 0 unspecified atom stereocenters. The van der Waals surface area contributed by atoms with Gasteiger partial charge in [-0.15, -0.1) is 0 Å². The number of rotatable bonds is 5. The maximum Gasteiger partial charge on any atom is 0.224 e. The van der Waals surface area contributed by atoms with Crippen LogP contribution in [-0.4, -0.2) is 35.0 Å². The van der Waals surface area contributed by atoms with E-state index in [1.165, 1.54) is 0 Å². The number of hydrogen-bond acceptors (Lipinski definition) is 3. The number of amides is 1. The SMILES string of the molecule is NCCC(=O)N1CCC[C@H]1C[C@H](O)c1ccccc1. The van der Waals surface area contributed by atoms with Gasteiger partial charge < -0.3 is 15.7 Å². The summed E-state index contributed by atoms with van der Waals surface area (Å²) in [6, 6.07) is 9.77. The third-order valence-corrected chi connectivity index (χ3v) is 3.74. The maximum atomic E-state index is 11.9. The molecule has 1 aromatic rings. The zero-order valence-corrected chi connectivity index (χ0v) is 11.2. The van der Waals surface area contributed by atoms with E-state index in [-0.39, 0.29) is 11.9 Å². The van der Waals surface area contributed by atoms with Gasteiger partial charge in [0.1, 0.15) is 0 Å². The molecule has 2 atom stereocenters. The second-order valence-electron chi connectivity index (χ2n) is 5.08. The highest BCUT2D eigenvalue weighted by Gasteiger charge is 2.29. The molecule has 1 aliphatic rings. The molecular formula is C15H22N2O2. The van der Waals surface area contributed by atoms with Crippen LogP contribution >= 0.6 is 0 Å². The number of carbonyl (C=O) groups is 1. The number of aliphatic hydroxyl groups is 1. The van der Waals surface area contributed by atoms with Crippen molar-refractivity contribution in [2.24, 2.45) is 5.73 Å². The first-order chi connectivity index (χ1) is 9.22. The summed E-state index contributed by atoms with van der Waals surface area (Å²) in [7, 11) is 0. The Balaban J connectivity index is 1.96. The largest absolute Gasteiger partial charge is 0.388 e. The van der Waals surface area contributed by atoms with Crippen LogP contribution in [0.3, 0.4) is 0 Å². The van der Waals surface area contributed by atoms with Crippen molar-refractivity contribution in [1.29, 1.82) is 0 Å². The molecule has 3 N–H and O–H groups in total. The Morgan fingerprint density at radius 2 is 2.16 bits per heavy atom. The normalized spacial score (nSPS) is 20.5. The zero-order chi connectivity index (χ0) is 13.7. The molecular weight excluding hydrogens is 240 g/mol. The Morgan fingerprint density at radius 3 is 2.84 bits per heavy atom. The van der Waals surface area contributed by atoms with E-state index >= 15 is 0 Å². The van der Waals surface area contributed by atoms with Gasteiger partial charge in [-0.3, -0.25) is 4.79 Å². The first-order valence-electron chi connectivity index (χ1n) is 6.95. The number of nitrogens with two attached hydrogens (primary N) is 1. The fourth-order valence-electron chi connectivity index (χ4n) is 2.75. The summed E-state index contributed by atoms with van der Waals surface area (Å²) >= 11 is 0. The Labute approximate surface area is 114 Å². The minimum absolute atomic E-state index is 0.116.